The second-order valence-electron chi connectivity index (χ2n) is 8.03. The lowest BCUT2D eigenvalue weighted by Gasteiger charge is -2.31. The molecule has 1 saturated carbocycles. The Morgan fingerprint density at radius 2 is 1.89 bits per heavy atom. The van der Waals surface area contributed by atoms with Crippen LogP contribution in [0.3, 0.4) is 0 Å². The van der Waals surface area contributed by atoms with Crippen LogP contribution in [-0.4, -0.2) is 47.8 Å². The largest absolute Gasteiger partial charge is 0.352 e. The molecule has 2 aliphatic heterocycles. The van der Waals surface area contributed by atoms with Crippen molar-refractivity contribution in [3.05, 3.63) is 29.8 Å². The van der Waals surface area contributed by atoms with Gasteiger partial charge in [0.25, 0.3) is 5.91 Å². The van der Waals surface area contributed by atoms with Crippen LogP contribution in [0.2, 0.25) is 0 Å². The maximum atomic E-state index is 13.2. The maximum absolute atomic E-state index is 13.2. The van der Waals surface area contributed by atoms with Gasteiger partial charge in [0.15, 0.2) is 0 Å². The normalized spacial score (nSPS) is 27.8. The molecule has 1 N–H and O–H groups in total. The first-order valence-electron chi connectivity index (χ1n) is 10.1. The van der Waals surface area contributed by atoms with Gasteiger partial charge in [0.2, 0.25) is 11.8 Å². The number of para-hydroxylation sites is 1. The van der Waals surface area contributed by atoms with E-state index in [0.717, 1.165) is 25.7 Å². The van der Waals surface area contributed by atoms with Crippen molar-refractivity contribution in [3.63, 3.8) is 0 Å². The molecule has 0 aromatic heterocycles. The third-order valence-corrected chi connectivity index (χ3v) is 6.25. The number of nitrogens with one attached hydrogen (secondary N) is 1. The summed E-state index contributed by atoms with van der Waals surface area (Å²) in [5.41, 5.74) is 1.06. The number of rotatable bonds is 3. The number of amides is 3. The lowest BCUT2D eigenvalue weighted by molar-refractivity contribution is -0.126. The molecule has 27 heavy (non-hydrogen) atoms. The van der Waals surface area contributed by atoms with Crippen LogP contribution in [0.15, 0.2) is 24.3 Å². The fraction of sp³-hybridized carbons (Fsp3) is 0.571. The second-order valence-corrected chi connectivity index (χ2v) is 8.03. The van der Waals surface area contributed by atoms with Crippen LogP contribution in [0.1, 0.15) is 55.8 Å². The van der Waals surface area contributed by atoms with E-state index in [1.165, 1.54) is 11.3 Å². The van der Waals surface area contributed by atoms with E-state index >= 15 is 0 Å². The molecule has 3 atom stereocenters. The SMILES string of the molecule is C[C@H]1CCCC[C@@H]1NC(=O)CN1C(=O)[C@H]2CCCN2C(=O)c2ccccc21. The molecule has 1 aliphatic carbocycles. The Labute approximate surface area is 159 Å². The van der Waals surface area contributed by atoms with Crippen molar-refractivity contribution < 1.29 is 14.4 Å². The van der Waals surface area contributed by atoms with E-state index in [2.05, 4.69) is 12.2 Å². The predicted molar refractivity (Wildman–Crippen MR) is 102 cm³/mol. The molecule has 0 bridgehead atoms. The monoisotopic (exact) mass is 369 g/mol. The molecule has 1 aromatic carbocycles. The predicted octanol–water partition coefficient (Wildman–Crippen LogP) is 2.33. The van der Waals surface area contributed by atoms with Crippen LogP contribution in [0, 0.1) is 5.92 Å². The summed E-state index contributed by atoms with van der Waals surface area (Å²) < 4.78 is 0. The van der Waals surface area contributed by atoms with Crippen molar-refractivity contribution in [1.82, 2.24) is 10.2 Å². The molecular formula is C21H27N3O3. The van der Waals surface area contributed by atoms with Crippen LogP contribution in [0.5, 0.6) is 0 Å². The first kappa shape index (κ1) is 18.0. The fourth-order valence-electron chi connectivity index (χ4n) is 4.70. The second kappa shape index (κ2) is 7.33. The Morgan fingerprint density at radius 3 is 2.70 bits per heavy atom. The highest BCUT2D eigenvalue weighted by atomic mass is 16.2. The van der Waals surface area contributed by atoms with Crippen molar-refractivity contribution >= 4 is 23.4 Å². The van der Waals surface area contributed by atoms with Gasteiger partial charge in [0.1, 0.15) is 12.6 Å². The molecule has 144 valence electrons. The Morgan fingerprint density at radius 1 is 1.11 bits per heavy atom. The number of fused-ring (bicyclic) bond motifs is 2. The summed E-state index contributed by atoms with van der Waals surface area (Å²) in [6, 6.07) is 6.85. The fourth-order valence-corrected chi connectivity index (χ4v) is 4.70. The first-order valence-corrected chi connectivity index (χ1v) is 10.1. The third-order valence-electron chi connectivity index (χ3n) is 6.25. The zero-order chi connectivity index (χ0) is 19.0. The van der Waals surface area contributed by atoms with E-state index < -0.39 is 6.04 Å². The Kier molecular flexibility index (Phi) is 4.89. The van der Waals surface area contributed by atoms with E-state index in [4.69, 9.17) is 0 Å². The molecule has 1 saturated heterocycles. The van der Waals surface area contributed by atoms with E-state index in [0.29, 0.717) is 30.1 Å². The van der Waals surface area contributed by atoms with Crippen LogP contribution in [0.4, 0.5) is 5.69 Å². The Bertz CT molecular complexity index is 763. The molecule has 0 unspecified atom stereocenters. The average Bonchev–Trinajstić information content (AvgIpc) is 3.14. The van der Waals surface area contributed by atoms with E-state index in [9.17, 15) is 14.4 Å². The van der Waals surface area contributed by atoms with Gasteiger partial charge in [-0.15, -0.1) is 0 Å². The number of nitrogens with zero attached hydrogens (tertiary/aromatic N) is 2. The van der Waals surface area contributed by atoms with Gasteiger partial charge in [-0.3, -0.25) is 14.4 Å². The van der Waals surface area contributed by atoms with E-state index in [1.54, 1.807) is 23.1 Å². The number of anilines is 1. The molecule has 1 aromatic rings. The average molecular weight is 369 g/mol. The highest BCUT2D eigenvalue weighted by Gasteiger charge is 2.42. The van der Waals surface area contributed by atoms with Gasteiger partial charge in [-0.1, -0.05) is 31.9 Å². The maximum Gasteiger partial charge on any atom is 0.256 e. The van der Waals surface area contributed by atoms with Crippen LogP contribution in [0.25, 0.3) is 0 Å². The lowest BCUT2D eigenvalue weighted by Crippen LogP contribution is -2.50. The molecular weight excluding hydrogens is 342 g/mol. The minimum Gasteiger partial charge on any atom is -0.352 e. The topological polar surface area (TPSA) is 69.7 Å². The molecule has 0 spiro atoms. The highest BCUT2D eigenvalue weighted by Crippen LogP contribution is 2.32. The summed E-state index contributed by atoms with van der Waals surface area (Å²) >= 11 is 0. The molecule has 6 heteroatoms. The van der Waals surface area contributed by atoms with E-state index in [-0.39, 0.29) is 30.3 Å². The minimum absolute atomic E-state index is 0.0311. The summed E-state index contributed by atoms with van der Waals surface area (Å²) in [7, 11) is 0. The zero-order valence-electron chi connectivity index (χ0n) is 15.8. The van der Waals surface area contributed by atoms with Crippen LogP contribution in [-0.2, 0) is 9.59 Å². The van der Waals surface area contributed by atoms with Crippen LogP contribution < -0.4 is 10.2 Å². The quantitative estimate of drug-likeness (QED) is 0.889. The number of carbonyl (C=O) groups excluding carboxylic acids is 3. The summed E-state index contributed by atoms with van der Waals surface area (Å²) in [5.74, 6) is 0.0698. The van der Waals surface area contributed by atoms with Crippen molar-refractivity contribution in [2.45, 2.75) is 57.5 Å². The molecule has 2 heterocycles. The van der Waals surface area contributed by atoms with Crippen molar-refractivity contribution in [1.29, 1.82) is 0 Å². The van der Waals surface area contributed by atoms with Crippen molar-refractivity contribution in [3.8, 4) is 0 Å². The highest BCUT2D eigenvalue weighted by molar-refractivity contribution is 6.12. The molecule has 2 fully saturated rings. The van der Waals surface area contributed by atoms with Crippen LogP contribution >= 0.6 is 0 Å². The van der Waals surface area contributed by atoms with Gasteiger partial charge in [-0.25, -0.2) is 0 Å². The van der Waals surface area contributed by atoms with Gasteiger partial charge in [-0.05, 0) is 43.7 Å². The smallest absolute Gasteiger partial charge is 0.256 e. The number of carbonyl (C=O) groups is 3. The summed E-state index contributed by atoms with van der Waals surface area (Å²) in [6.45, 7) is 2.74. The molecule has 0 radical (unpaired) electrons. The van der Waals surface area contributed by atoms with Gasteiger partial charge < -0.3 is 15.1 Å². The van der Waals surface area contributed by atoms with Gasteiger partial charge in [-0.2, -0.15) is 0 Å². The zero-order valence-corrected chi connectivity index (χ0v) is 15.8. The lowest BCUT2D eigenvalue weighted by atomic mass is 9.86. The summed E-state index contributed by atoms with van der Waals surface area (Å²) in [6.07, 6.45) is 5.95. The molecule has 6 nitrogen and oxygen atoms in total. The summed E-state index contributed by atoms with van der Waals surface area (Å²) in [5, 5.41) is 3.13. The Balaban J connectivity index is 1.58. The van der Waals surface area contributed by atoms with Crippen molar-refractivity contribution in [2.75, 3.05) is 18.0 Å². The third kappa shape index (κ3) is 3.33. The standard InChI is InChI=1S/C21H27N3O3/c1-14-7-2-4-9-16(14)22-19(25)13-24-17-10-5-3-8-15(17)20(26)23-12-6-11-18(23)21(24)27/h3,5,8,10,14,16,18H,2,4,6-7,9,11-13H2,1H3,(H,22,25)/t14-,16-,18+/m0/s1. The van der Waals surface area contributed by atoms with Gasteiger partial charge in [0, 0.05) is 12.6 Å². The van der Waals surface area contributed by atoms with Crippen molar-refractivity contribution in [2.24, 2.45) is 5.92 Å². The van der Waals surface area contributed by atoms with E-state index in [1.807, 2.05) is 6.07 Å². The van der Waals surface area contributed by atoms with Gasteiger partial charge >= 0.3 is 0 Å². The molecule has 4 rings (SSSR count). The summed E-state index contributed by atoms with van der Waals surface area (Å²) in [4.78, 5) is 42.0. The number of hydrogen-bond acceptors (Lipinski definition) is 3. The number of benzene rings is 1. The Hall–Kier alpha value is -2.37. The number of hydrogen-bond donors (Lipinski definition) is 1. The molecule has 3 amide bonds. The minimum atomic E-state index is -0.452. The van der Waals surface area contributed by atoms with Gasteiger partial charge in [0.05, 0.1) is 11.3 Å². The first-order chi connectivity index (χ1) is 13.1. The molecule has 3 aliphatic rings.